The van der Waals surface area contributed by atoms with Crippen LogP contribution in [0.4, 0.5) is 0 Å². The first-order valence-corrected chi connectivity index (χ1v) is 6.84. The van der Waals surface area contributed by atoms with Gasteiger partial charge in [0.25, 0.3) is 0 Å². The lowest BCUT2D eigenvalue weighted by atomic mass is 10.2. The van der Waals surface area contributed by atoms with Gasteiger partial charge in [-0.1, -0.05) is 30.3 Å². The van der Waals surface area contributed by atoms with Crippen LogP contribution in [0.5, 0.6) is 0 Å². The van der Waals surface area contributed by atoms with Gasteiger partial charge in [-0.15, -0.1) is 0 Å². The van der Waals surface area contributed by atoms with Crippen LogP contribution in [0, 0.1) is 0 Å². The van der Waals surface area contributed by atoms with E-state index in [4.69, 9.17) is 4.74 Å². The van der Waals surface area contributed by atoms with Crippen molar-refractivity contribution in [1.29, 1.82) is 0 Å². The van der Waals surface area contributed by atoms with Gasteiger partial charge >= 0.3 is 0 Å². The van der Waals surface area contributed by atoms with E-state index in [2.05, 4.69) is 0 Å². The number of benzene rings is 1. The molecule has 1 aromatic carbocycles. The molecular weight excluding hydrogens is 212 g/mol. The fraction of sp³-hybridized carbons (Fsp3) is 0.455. The summed E-state index contributed by atoms with van der Waals surface area (Å²) < 4.78 is 27.9. The standard InChI is InChI=1S/C11H14O3S/c12-15(13)7-6-11(9-15)14-8-10-4-2-1-3-5-10/h1-5,11H,6-9H2/t11-/m0/s1. The Kier molecular flexibility index (Phi) is 3.07. The summed E-state index contributed by atoms with van der Waals surface area (Å²) in [5.41, 5.74) is 1.08. The maximum absolute atomic E-state index is 11.2. The fourth-order valence-corrected chi connectivity index (χ4v) is 3.30. The van der Waals surface area contributed by atoms with Crippen LogP contribution in [0.25, 0.3) is 0 Å². The molecule has 0 radical (unpaired) electrons. The molecule has 1 aliphatic rings. The van der Waals surface area contributed by atoms with Gasteiger partial charge in [-0.25, -0.2) is 8.42 Å². The third-order valence-electron chi connectivity index (χ3n) is 2.52. The van der Waals surface area contributed by atoms with Crippen molar-refractivity contribution in [1.82, 2.24) is 0 Å². The Morgan fingerprint density at radius 1 is 1.27 bits per heavy atom. The molecule has 0 aromatic heterocycles. The van der Waals surface area contributed by atoms with Crippen LogP contribution in [-0.4, -0.2) is 26.0 Å². The molecule has 4 heteroatoms. The molecule has 0 aliphatic carbocycles. The minimum Gasteiger partial charge on any atom is -0.372 e. The Balaban J connectivity index is 1.85. The molecule has 0 bridgehead atoms. The van der Waals surface area contributed by atoms with Crippen molar-refractivity contribution in [3.05, 3.63) is 35.9 Å². The fourth-order valence-electron chi connectivity index (χ4n) is 1.68. The molecular formula is C11H14O3S. The SMILES string of the molecule is O=S1(=O)CC[C@H](OCc2ccccc2)C1. The van der Waals surface area contributed by atoms with Gasteiger partial charge in [0.15, 0.2) is 9.84 Å². The molecule has 1 heterocycles. The third-order valence-corrected chi connectivity index (χ3v) is 4.26. The number of rotatable bonds is 3. The molecule has 1 aliphatic heterocycles. The average Bonchev–Trinajstić information content (AvgIpc) is 2.57. The first kappa shape index (κ1) is 10.6. The molecule has 0 unspecified atom stereocenters. The average molecular weight is 226 g/mol. The molecule has 15 heavy (non-hydrogen) atoms. The van der Waals surface area contributed by atoms with Crippen molar-refractivity contribution < 1.29 is 13.2 Å². The van der Waals surface area contributed by atoms with Crippen molar-refractivity contribution in [3.8, 4) is 0 Å². The molecule has 3 nitrogen and oxygen atoms in total. The van der Waals surface area contributed by atoms with Gasteiger partial charge in [0.05, 0.1) is 24.2 Å². The Labute approximate surface area is 90.0 Å². The Hall–Kier alpha value is -0.870. The van der Waals surface area contributed by atoms with Gasteiger partial charge in [-0.2, -0.15) is 0 Å². The summed E-state index contributed by atoms with van der Waals surface area (Å²) in [6.45, 7) is 0.501. The predicted molar refractivity (Wildman–Crippen MR) is 58.3 cm³/mol. The van der Waals surface area contributed by atoms with Crippen LogP contribution >= 0.6 is 0 Å². The number of hydrogen-bond acceptors (Lipinski definition) is 3. The number of hydrogen-bond donors (Lipinski definition) is 0. The summed E-state index contributed by atoms with van der Waals surface area (Å²) in [6.07, 6.45) is 0.519. The summed E-state index contributed by atoms with van der Waals surface area (Å²) in [5.74, 6) is 0.451. The van der Waals surface area contributed by atoms with E-state index in [1.807, 2.05) is 30.3 Å². The largest absolute Gasteiger partial charge is 0.372 e. The molecule has 0 N–H and O–H groups in total. The van der Waals surface area contributed by atoms with Crippen LogP contribution < -0.4 is 0 Å². The van der Waals surface area contributed by atoms with Gasteiger partial charge in [0.2, 0.25) is 0 Å². The summed E-state index contributed by atoms with van der Waals surface area (Å²) in [5, 5.41) is 0. The summed E-state index contributed by atoms with van der Waals surface area (Å²) >= 11 is 0. The smallest absolute Gasteiger partial charge is 0.152 e. The molecule has 0 amide bonds. The second-order valence-corrected chi connectivity index (χ2v) is 6.05. The molecule has 1 fully saturated rings. The van der Waals surface area contributed by atoms with E-state index in [-0.39, 0.29) is 17.6 Å². The lowest BCUT2D eigenvalue weighted by Crippen LogP contribution is -2.14. The molecule has 0 spiro atoms. The van der Waals surface area contributed by atoms with Gasteiger partial charge in [-0.3, -0.25) is 0 Å². The lowest BCUT2D eigenvalue weighted by Gasteiger charge is -2.09. The molecule has 2 rings (SSSR count). The normalized spacial score (nSPS) is 24.1. The highest BCUT2D eigenvalue weighted by Gasteiger charge is 2.28. The predicted octanol–water partition coefficient (Wildman–Crippen LogP) is 1.39. The molecule has 0 saturated carbocycles. The molecule has 1 aromatic rings. The number of sulfone groups is 1. The van der Waals surface area contributed by atoms with Gasteiger partial charge in [0, 0.05) is 0 Å². The van der Waals surface area contributed by atoms with Gasteiger partial charge in [-0.05, 0) is 12.0 Å². The van der Waals surface area contributed by atoms with E-state index in [9.17, 15) is 8.42 Å². The van der Waals surface area contributed by atoms with Crippen molar-refractivity contribution in [2.24, 2.45) is 0 Å². The van der Waals surface area contributed by atoms with Crippen molar-refractivity contribution >= 4 is 9.84 Å². The van der Waals surface area contributed by atoms with Crippen molar-refractivity contribution in [2.75, 3.05) is 11.5 Å². The minimum absolute atomic E-state index is 0.116. The topological polar surface area (TPSA) is 43.4 Å². The highest BCUT2D eigenvalue weighted by molar-refractivity contribution is 7.91. The monoisotopic (exact) mass is 226 g/mol. The van der Waals surface area contributed by atoms with Gasteiger partial charge in [0.1, 0.15) is 0 Å². The quantitative estimate of drug-likeness (QED) is 0.782. The second kappa shape index (κ2) is 4.33. The van der Waals surface area contributed by atoms with Crippen LogP contribution in [0.1, 0.15) is 12.0 Å². The van der Waals surface area contributed by atoms with E-state index in [1.165, 1.54) is 0 Å². The molecule has 82 valence electrons. The maximum atomic E-state index is 11.2. The Morgan fingerprint density at radius 2 is 2.00 bits per heavy atom. The highest BCUT2D eigenvalue weighted by atomic mass is 32.2. The maximum Gasteiger partial charge on any atom is 0.152 e. The zero-order valence-corrected chi connectivity index (χ0v) is 9.24. The van der Waals surface area contributed by atoms with Gasteiger partial charge < -0.3 is 4.74 Å². The Morgan fingerprint density at radius 3 is 2.60 bits per heavy atom. The van der Waals surface area contributed by atoms with Crippen LogP contribution in [0.3, 0.4) is 0 Å². The van der Waals surface area contributed by atoms with Crippen LogP contribution in [0.15, 0.2) is 30.3 Å². The first-order chi connectivity index (χ1) is 7.16. The Bertz CT molecular complexity index is 411. The van der Waals surface area contributed by atoms with E-state index >= 15 is 0 Å². The summed E-state index contributed by atoms with van der Waals surface area (Å²) in [4.78, 5) is 0. The summed E-state index contributed by atoms with van der Waals surface area (Å²) in [6, 6.07) is 9.80. The number of ether oxygens (including phenoxy) is 1. The van der Waals surface area contributed by atoms with Crippen molar-refractivity contribution in [3.63, 3.8) is 0 Å². The van der Waals surface area contributed by atoms with Crippen molar-refractivity contribution in [2.45, 2.75) is 19.1 Å². The van der Waals surface area contributed by atoms with E-state index < -0.39 is 9.84 Å². The van der Waals surface area contributed by atoms with E-state index in [0.29, 0.717) is 13.0 Å². The molecule has 1 atom stereocenters. The zero-order valence-electron chi connectivity index (χ0n) is 8.43. The lowest BCUT2D eigenvalue weighted by molar-refractivity contribution is 0.0580. The van der Waals surface area contributed by atoms with E-state index in [0.717, 1.165) is 5.56 Å². The molecule has 1 saturated heterocycles. The van der Waals surface area contributed by atoms with Crippen LogP contribution in [0.2, 0.25) is 0 Å². The van der Waals surface area contributed by atoms with Crippen LogP contribution in [-0.2, 0) is 21.2 Å². The summed E-state index contributed by atoms with van der Waals surface area (Å²) in [7, 11) is -2.82. The zero-order chi connectivity index (χ0) is 10.7. The highest BCUT2D eigenvalue weighted by Crippen LogP contribution is 2.16. The second-order valence-electron chi connectivity index (χ2n) is 3.82. The minimum atomic E-state index is -2.82. The van der Waals surface area contributed by atoms with E-state index in [1.54, 1.807) is 0 Å². The first-order valence-electron chi connectivity index (χ1n) is 5.02. The third kappa shape index (κ3) is 3.04.